The Balaban J connectivity index is 1.88. The Morgan fingerprint density at radius 3 is 3.11 bits per heavy atom. The van der Waals surface area contributed by atoms with Gasteiger partial charge in [0.15, 0.2) is 0 Å². The molecule has 0 saturated carbocycles. The van der Waals surface area contributed by atoms with Gasteiger partial charge in [-0.05, 0) is 43.0 Å². The van der Waals surface area contributed by atoms with Crippen LogP contribution in [0.5, 0.6) is 0 Å². The second kappa shape index (κ2) is 6.21. The number of hydrogen-bond acceptors (Lipinski definition) is 2. The standard InChI is InChI=1S/C14H19ClN2O/c1-10-4-3-7-16-13(10)14(18)17-9-11-5-2-6-12(15)8-11/h2,5-6,8,10,13,16H,3-4,7,9H2,1H3,(H,17,18). The van der Waals surface area contributed by atoms with Gasteiger partial charge in [-0.3, -0.25) is 4.79 Å². The molecule has 0 aliphatic carbocycles. The van der Waals surface area contributed by atoms with Crippen molar-refractivity contribution < 1.29 is 4.79 Å². The Kier molecular flexibility index (Phi) is 4.61. The molecule has 0 aromatic heterocycles. The zero-order chi connectivity index (χ0) is 13.0. The molecule has 3 nitrogen and oxygen atoms in total. The largest absolute Gasteiger partial charge is 0.351 e. The van der Waals surface area contributed by atoms with Crippen molar-refractivity contribution in [3.8, 4) is 0 Å². The van der Waals surface area contributed by atoms with Gasteiger partial charge in [0, 0.05) is 11.6 Å². The molecule has 1 aromatic carbocycles. The predicted octanol–water partition coefficient (Wildman–Crippen LogP) is 2.34. The second-order valence-corrected chi connectivity index (χ2v) is 5.34. The van der Waals surface area contributed by atoms with Crippen LogP contribution in [0.3, 0.4) is 0 Å². The molecular weight excluding hydrogens is 248 g/mol. The van der Waals surface area contributed by atoms with Crippen molar-refractivity contribution >= 4 is 17.5 Å². The monoisotopic (exact) mass is 266 g/mol. The van der Waals surface area contributed by atoms with Gasteiger partial charge >= 0.3 is 0 Å². The van der Waals surface area contributed by atoms with Crippen LogP contribution in [0.25, 0.3) is 0 Å². The van der Waals surface area contributed by atoms with E-state index in [-0.39, 0.29) is 11.9 Å². The normalized spacial score (nSPS) is 23.7. The maximum absolute atomic E-state index is 12.1. The number of benzene rings is 1. The van der Waals surface area contributed by atoms with Gasteiger partial charge in [-0.2, -0.15) is 0 Å². The van der Waals surface area contributed by atoms with Gasteiger partial charge < -0.3 is 10.6 Å². The van der Waals surface area contributed by atoms with Crippen LogP contribution in [-0.2, 0) is 11.3 Å². The molecule has 1 saturated heterocycles. The molecule has 1 heterocycles. The molecular formula is C14H19ClN2O. The van der Waals surface area contributed by atoms with Crippen LogP contribution in [0.15, 0.2) is 24.3 Å². The molecule has 4 heteroatoms. The van der Waals surface area contributed by atoms with E-state index in [2.05, 4.69) is 17.6 Å². The van der Waals surface area contributed by atoms with Crippen LogP contribution < -0.4 is 10.6 Å². The minimum Gasteiger partial charge on any atom is -0.351 e. The number of nitrogens with one attached hydrogen (secondary N) is 2. The van der Waals surface area contributed by atoms with E-state index in [4.69, 9.17) is 11.6 Å². The Morgan fingerprint density at radius 2 is 2.39 bits per heavy atom. The summed E-state index contributed by atoms with van der Waals surface area (Å²) in [4.78, 5) is 12.1. The third kappa shape index (κ3) is 3.47. The van der Waals surface area contributed by atoms with Crippen LogP contribution in [0.4, 0.5) is 0 Å². The number of piperidine rings is 1. The minimum atomic E-state index is -0.0575. The average Bonchev–Trinajstić information content (AvgIpc) is 2.37. The molecule has 1 amide bonds. The van der Waals surface area contributed by atoms with E-state index < -0.39 is 0 Å². The zero-order valence-electron chi connectivity index (χ0n) is 10.6. The smallest absolute Gasteiger partial charge is 0.237 e. The van der Waals surface area contributed by atoms with Crippen molar-refractivity contribution in [3.05, 3.63) is 34.9 Å². The molecule has 1 aliphatic rings. The number of halogens is 1. The third-order valence-corrected chi connectivity index (χ3v) is 3.64. The summed E-state index contributed by atoms with van der Waals surface area (Å²) in [6, 6.07) is 7.50. The Bertz CT molecular complexity index is 422. The van der Waals surface area contributed by atoms with Crippen molar-refractivity contribution in [3.63, 3.8) is 0 Å². The van der Waals surface area contributed by atoms with Crippen molar-refractivity contribution in [1.82, 2.24) is 10.6 Å². The molecule has 0 bridgehead atoms. The van der Waals surface area contributed by atoms with Crippen LogP contribution in [0, 0.1) is 5.92 Å². The molecule has 0 spiro atoms. The van der Waals surface area contributed by atoms with Gasteiger partial charge in [0.25, 0.3) is 0 Å². The van der Waals surface area contributed by atoms with E-state index in [9.17, 15) is 4.79 Å². The zero-order valence-corrected chi connectivity index (χ0v) is 11.3. The number of hydrogen-bond donors (Lipinski definition) is 2. The first-order valence-electron chi connectivity index (χ1n) is 6.42. The van der Waals surface area contributed by atoms with Crippen LogP contribution >= 0.6 is 11.6 Å². The van der Waals surface area contributed by atoms with E-state index in [1.165, 1.54) is 0 Å². The van der Waals surface area contributed by atoms with Gasteiger partial charge in [-0.1, -0.05) is 30.7 Å². The summed E-state index contributed by atoms with van der Waals surface area (Å²) in [5.41, 5.74) is 1.03. The SMILES string of the molecule is CC1CCCNC1C(=O)NCc1cccc(Cl)c1. The van der Waals surface area contributed by atoms with Crippen molar-refractivity contribution in [2.24, 2.45) is 5.92 Å². The van der Waals surface area contributed by atoms with Gasteiger partial charge in [-0.15, -0.1) is 0 Å². The van der Waals surface area contributed by atoms with E-state index in [1.807, 2.05) is 24.3 Å². The molecule has 2 unspecified atom stereocenters. The van der Waals surface area contributed by atoms with Crippen molar-refractivity contribution in [2.45, 2.75) is 32.4 Å². The number of carbonyl (C=O) groups excluding carboxylic acids is 1. The van der Waals surface area contributed by atoms with Crippen LogP contribution in [-0.4, -0.2) is 18.5 Å². The highest BCUT2D eigenvalue weighted by molar-refractivity contribution is 6.30. The van der Waals surface area contributed by atoms with Crippen molar-refractivity contribution in [1.29, 1.82) is 0 Å². The molecule has 1 aromatic rings. The summed E-state index contributed by atoms with van der Waals surface area (Å²) >= 11 is 5.91. The fourth-order valence-corrected chi connectivity index (χ4v) is 2.56. The summed E-state index contributed by atoms with van der Waals surface area (Å²) < 4.78 is 0. The topological polar surface area (TPSA) is 41.1 Å². The van der Waals surface area contributed by atoms with E-state index in [0.29, 0.717) is 17.5 Å². The Labute approximate surface area is 113 Å². The van der Waals surface area contributed by atoms with E-state index in [1.54, 1.807) is 0 Å². The second-order valence-electron chi connectivity index (χ2n) is 4.90. The molecule has 2 atom stereocenters. The molecule has 98 valence electrons. The average molecular weight is 267 g/mol. The van der Waals surface area contributed by atoms with Crippen LogP contribution in [0.2, 0.25) is 5.02 Å². The molecule has 18 heavy (non-hydrogen) atoms. The first kappa shape index (κ1) is 13.4. The number of amides is 1. The third-order valence-electron chi connectivity index (χ3n) is 3.41. The summed E-state index contributed by atoms with van der Waals surface area (Å²) in [6.07, 6.45) is 2.27. The van der Waals surface area contributed by atoms with Gasteiger partial charge in [-0.25, -0.2) is 0 Å². The predicted molar refractivity (Wildman–Crippen MR) is 73.5 cm³/mol. The lowest BCUT2D eigenvalue weighted by atomic mass is 9.92. The minimum absolute atomic E-state index is 0.0575. The first-order valence-corrected chi connectivity index (χ1v) is 6.80. The molecule has 2 N–H and O–H groups in total. The summed E-state index contributed by atoms with van der Waals surface area (Å²) in [7, 11) is 0. The van der Waals surface area contributed by atoms with Gasteiger partial charge in [0.2, 0.25) is 5.91 Å². The lowest BCUT2D eigenvalue weighted by molar-refractivity contribution is -0.125. The van der Waals surface area contributed by atoms with Gasteiger partial charge in [0.05, 0.1) is 6.04 Å². The molecule has 1 aliphatic heterocycles. The summed E-state index contributed by atoms with van der Waals surface area (Å²) in [5.74, 6) is 0.486. The summed E-state index contributed by atoms with van der Waals surface area (Å²) in [5, 5.41) is 6.94. The summed E-state index contributed by atoms with van der Waals surface area (Å²) in [6.45, 7) is 3.58. The maximum atomic E-state index is 12.1. The van der Waals surface area contributed by atoms with Crippen LogP contribution in [0.1, 0.15) is 25.3 Å². The van der Waals surface area contributed by atoms with Gasteiger partial charge in [0.1, 0.15) is 0 Å². The fourth-order valence-electron chi connectivity index (χ4n) is 2.35. The Morgan fingerprint density at radius 1 is 1.56 bits per heavy atom. The molecule has 1 fully saturated rings. The lowest BCUT2D eigenvalue weighted by Gasteiger charge is -2.28. The fraction of sp³-hybridized carbons (Fsp3) is 0.500. The van der Waals surface area contributed by atoms with E-state index in [0.717, 1.165) is 24.9 Å². The van der Waals surface area contributed by atoms with E-state index >= 15 is 0 Å². The maximum Gasteiger partial charge on any atom is 0.237 e. The molecule has 2 rings (SSSR count). The van der Waals surface area contributed by atoms with Crippen molar-refractivity contribution in [2.75, 3.05) is 6.54 Å². The molecule has 0 radical (unpaired) electrons. The number of carbonyl (C=O) groups is 1. The highest BCUT2D eigenvalue weighted by Crippen LogP contribution is 2.16. The highest BCUT2D eigenvalue weighted by Gasteiger charge is 2.26. The highest BCUT2D eigenvalue weighted by atomic mass is 35.5. The first-order chi connectivity index (χ1) is 8.66. The Hall–Kier alpha value is -1.06. The quantitative estimate of drug-likeness (QED) is 0.882. The number of rotatable bonds is 3. The lowest BCUT2D eigenvalue weighted by Crippen LogP contribution is -2.50.